The number of furan rings is 1. The number of benzene rings is 12. The van der Waals surface area contributed by atoms with Crippen molar-refractivity contribution in [1.82, 2.24) is 0 Å². The van der Waals surface area contributed by atoms with Crippen LogP contribution in [0.1, 0.15) is 61.1 Å². The van der Waals surface area contributed by atoms with Gasteiger partial charge in [0, 0.05) is 44.2 Å². The van der Waals surface area contributed by atoms with Crippen LogP contribution in [0.5, 0.6) is 0 Å². The van der Waals surface area contributed by atoms with E-state index >= 15 is 0 Å². The fourth-order valence-corrected chi connectivity index (χ4v) is 13.5. The molecule has 2 aliphatic rings. The standard InChI is InChI=1S/C76H57NO/c1-46-38-56(62-19-13-20-68-67-18-11-12-21-73(67)78-74(62)68)28-32-60(46)61-35-29-57(39-47(61)2)77(58-30-36-65-63-33-26-54(42-69(63)75(3,4)71(65)44-58)52-24-22-48-14-7-9-16-50(48)40-52)59-31-37-66-64-34-27-55(43-70(64)76(5,6)72(66)45-59)53-25-23-49-15-8-10-17-51(49)41-53/h7-45H,1-6H3. The summed E-state index contributed by atoms with van der Waals surface area (Å²) in [5, 5.41) is 7.34. The van der Waals surface area contributed by atoms with Gasteiger partial charge in [-0.1, -0.05) is 198 Å². The number of hydrogen-bond acceptors (Lipinski definition) is 2. The van der Waals surface area contributed by atoms with E-state index in [0.717, 1.165) is 50.1 Å². The molecule has 0 fully saturated rings. The van der Waals surface area contributed by atoms with Crippen LogP contribution in [0.4, 0.5) is 17.1 Å². The maximum Gasteiger partial charge on any atom is 0.143 e. The van der Waals surface area contributed by atoms with Crippen molar-refractivity contribution in [2.45, 2.75) is 52.4 Å². The highest BCUT2D eigenvalue weighted by atomic mass is 16.3. The van der Waals surface area contributed by atoms with E-state index in [0.29, 0.717) is 0 Å². The number of aryl methyl sites for hydroxylation is 2. The minimum atomic E-state index is -0.233. The van der Waals surface area contributed by atoms with Crippen LogP contribution in [-0.2, 0) is 10.8 Å². The van der Waals surface area contributed by atoms with Crippen LogP contribution in [0.25, 0.3) is 110 Å². The van der Waals surface area contributed by atoms with Gasteiger partial charge in [0.05, 0.1) is 0 Å². The Bertz CT molecular complexity index is 4470. The van der Waals surface area contributed by atoms with Crippen molar-refractivity contribution in [1.29, 1.82) is 0 Å². The molecule has 2 heteroatoms. The smallest absolute Gasteiger partial charge is 0.143 e. The minimum Gasteiger partial charge on any atom is -0.455 e. The van der Waals surface area contributed by atoms with Gasteiger partial charge in [-0.25, -0.2) is 0 Å². The average Bonchev–Trinajstić information content (AvgIpc) is 4.09. The lowest BCUT2D eigenvalue weighted by Gasteiger charge is -2.30. The van der Waals surface area contributed by atoms with Crippen LogP contribution < -0.4 is 4.90 Å². The Morgan fingerprint density at radius 3 is 1.26 bits per heavy atom. The summed E-state index contributed by atoms with van der Waals surface area (Å²) in [7, 11) is 0. The van der Waals surface area contributed by atoms with E-state index in [-0.39, 0.29) is 10.8 Å². The van der Waals surface area contributed by atoms with Crippen molar-refractivity contribution in [3.8, 4) is 66.8 Å². The van der Waals surface area contributed by atoms with E-state index in [1.165, 1.54) is 111 Å². The maximum atomic E-state index is 6.49. The lowest BCUT2D eigenvalue weighted by atomic mass is 9.81. The molecule has 0 radical (unpaired) electrons. The maximum absolute atomic E-state index is 6.49. The largest absolute Gasteiger partial charge is 0.455 e. The predicted octanol–water partition coefficient (Wildman–Crippen LogP) is 21.3. The molecule has 0 saturated carbocycles. The quantitative estimate of drug-likeness (QED) is 0.158. The number of anilines is 3. The molecule has 372 valence electrons. The Labute approximate surface area is 456 Å². The Kier molecular flexibility index (Phi) is 10.1. The van der Waals surface area contributed by atoms with Crippen molar-refractivity contribution in [3.63, 3.8) is 0 Å². The lowest BCUT2D eigenvalue weighted by molar-refractivity contribution is 0.660. The molecule has 0 spiro atoms. The zero-order valence-electron chi connectivity index (χ0n) is 44.9. The van der Waals surface area contributed by atoms with Gasteiger partial charge in [-0.2, -0.15) is 0 Å². The number of fused-ring (bicyclic) bond motifs is 11. The fraction of sp³-hybridized carbons (Fsp3) is 0.105. The Morgan fingerprint density at radius 1 is 0.295 bits per heavy atom. The topological polar surface area (TPSA) is 16.4 Å². The van der Waals surface area contributed by atoms with Gasteiger partial charge >= 0.3 is 0 Å². The third-order valence-corrected chi connectivity index (χ3v) is 17.7. The highest BCUT2D eigenvalue weighted by Gasteiger charge is 2.38. The number of nitrogens with zero attached hydrogens (tertiary/aromatic N) is 1. The molecule has 2 nitrogen and oxygen atoms in total. The summed E-state index contributed by atoms with van der Waals surface area (Å²) in [5.74, 6) is 0. The molecule has 13 aromatic rings. The summed E-state index contributed by atoms with van der Waals surface area (Å²) in [6.07, 6.45) is 0. The van der Waals surface area contributed by atoms with Crippen molar-refractivity contribution < 1.29 is 4.42 Å². The van der Waals surface area contributed by atoms with E-state index in [9.17, 15) is 0 Å². The van der Waals surface area contributed by atoms with E-state index in [4.69, 9.17) is 4.42 Å². The Balaban J connectivity index is 0.828. The van der Waals surface area contributed by atoms with Gasteiger partial charge in [0.15, 0.2) is 0 Å². The summed E-state index contributed by atoms with van der Waals surface area (Å²) in [4.78, 5) is 2.50. The zero-order chi connectivity index (χ0) is 52.6. The van der Waals surface area contributed by atoms with Crippen LogP contribution in [0.15, 0.2) is 241 Å². The van der Waals surface area contributed by atoms with Gasteiger partial charge in [-0.3, -0.25) is 0 Å². The van der Waals surface area contributed by atoms with E-state index in [2.05, 4.69) is 277 Å². The van der Waals surface area contributed by atoms with Crippen LogP contribution in [-0.4, -0.2) is 0 Å². The second-order valence-corrected chi connectivity index (χ2v) is 23.0. The molecule has 12 aromatic carbocycles. The number of para-hydroxylation sites is 2. The van der Waals surface area contributed by atoms with Gasteiger partial charge in [-0.15, -0.1) is 0 Å². The first-order valence-corrected chi connectivity index (χ1v) is 27.5. The highest BCUT2D eigenvalue weighted by molar-refractivity contribution is 6.09. The summed E-state index contributed by atoms with van der Waals surface area (Å²) in [6, 6.07) is 88.3. The predicted molar refractivity (Wildman–Crippen MR) is 330 cm³/mol. The number of hydrogen-bond donors (Lipinski definition) is 0. The highest BCUT2D eigenvalue weighted by Crippen LogP contribution is 2.55. The van der Waals surface area contributed by atoms with Gasteiger partial charge < -0.3 is 9.32 Å². The molecule has 0 unspecified atom stereocenters. The van der Waals surface area contributed by atoms with Crippen molar-refractivity contribution in [2.75, 3.05) is 4.90 Å². The first-order valence-electron chi connectivity index (χ1n) is 27.5. The lowest BCUT2D eigenvalue weighted by Crippen LogP contribution is -2.18. The molecule has 2 aliphatic carbocycles. The average molecular weight is 1000 g/mol. The first-order chi connectivity index (χ1) is 38.0. The normalized spacial score (nSPS) is 13.7. The third kappa shape index (κ3) is 7.09. The summed E-state index contributed by atoms with van der Waals surface area (Å²) in [5.41, 5.74) is 27.6. The van der Waals surface area contributed by atoms with Gasteiger partial charge in [0.25, 0.3) is 0 Å². The summed E-state index contributed by atoms with van der Waals surface area (Å²) in [6.45, 7) is 14.1. The van der Waals surface area contributed by atoms with Gasteiger partial charge in [0.2, 0.25) is 0 Å². The molecule has 1 aromatic heterocycles. The van der Waals surface area contributed by atoms with Crippen LogP contribution in [0.2, 0.25) is 0 Å². The van der Waals surface area contributed by atoms with Gasteiger partial charge in [-0.05, 0) is 197 Å². The van der Waals surface area contributed by atoms with E-state index in [1.807, 2.05) is 6.07 Å². The van der Waals surface area contributed by atoms with Crippen molar-refractivity contribution in [2.24, 2.45) is 0 Å². The van der Waals surface area contributed by atoms with Crippen LogP contribution >= 0.6 is 0 Å². The van der Waals surface area contributed by atoms with Crippen LogP contribution in [0, 0.1) is 13.8 Å². The Hall–Kier alpha value is -9.24. The fourth-order valence-electron chi connectivity index (χ4n) is 13.5. The molecular formula is C76H57NO. The Morgan fingerprint density at radius 2 is 0.705 bits per heavy atom. The minimum absolute atomic E-state index is 0.233. The molecule has 0 N–H and O–H groups in total. The first kappa shape index (κ1) is 46.1. The zero-order valence-corrected chi connectivity index (χ0v) is 44.9. The molecule has 0 saturated heterocycles. The second kappa shape index (κ2) is 17.1. The molecule has 78 heavy (non-hydrogen) atoms. The summed E-state index contributed by atoms with van der Waals surface area (Å²) < 4.78 is 6.49. The third-order valence-electron chi connectivity index (χ3n) is 17.7. The molecule has 0 atom stereocenters. The molecule has 0 bridgehead atoms. The summed E-state index contributed by atoms with van der Waals surface area (Å²) >= 11 is 0. The second-order valence-electron chi connectivity index (χ2n) is 23.0. The SMILES string of the molecule is Cc1cc(-c2cccc3c2oc2ccccc23)ccc1-c1ccc(N(c2ccc3c(c2)C(C)(C)c2cc(-c4ccc5ccccc5c4)ccc2-3)c2ccc3c(c2)C(C)(C)c2cc(-c4ccc5ccccc5c4)ccc2-3)cc1C. The van der Waals surface area contributed by atoms with Crippen molar-refractivity contribution in [3.05, 3.63) is 270 Å². The van der Waals surface area contributed by atoms with E-state index < -0.39 is 0 Å². The molecule has 0 aliphatic heterocycles. The van der Waals surface area contributed by atoms with E-state index in [1.54, 1.807) is 0 Å². The molecule has 1 heterocycles. The monoisotopic (exact) mass is 999 g/mol. The molecule has 0 amide bonds. The number of rotatable bonds is 7. The molecule has 15 rings (SSSR count). The van der Waals surface area contributed by atoms with Crippen LogP contribution in [0.3, 0.4) is 0 Å². The molecular weight excluding hydrogens is 943 g/mol. The van der Waals surface area contributed by atoms with Crippen molar-refractivity contribution >= 4 is 60.5 Å². The van der Waals surface area contributed by atoms with Gasteiger partial charge in [0.1, 0.15) is 11.2 Å².